The van der Waals surface area contributed by atoms with Crippen LogP contribution >= 0.6 is 11.3 Å². The van der Waals surface area contributed by atoms with E-state index in [2.05, 4.69) is 32.0 Å². The number of hydrogen-bond acceptors (Lipinski definition) is 6. The van der Waals surface area contributed by atoms with Crippen molar-refractivity contribution in [2.24, 2.45) is 0 Å². The molecule has 3 heterocycles. The number of hydrogen-bond donors (Lipinski definition) is 1. The number of rotatable bonds is 5. The molecule has 10 heteroatoms. The maximum Gasteiger partial charge on any atom is 0.416 e. The molecule has 2 aromatic carbocycles. The molecule has 1 N–H and O–H groups in total. The maximum atomic E-state index is 13.5. The molecule has 0 spiro atoms. The zero-order chi connectivity index (χ0) is 23.9. The third-order valence-electron chi connectivity index (χ3n) is 6.14. The molecule has 1 aliphatic rings. The standard InChI is InChI=1S/C24H24F3N5OS/c1-2-19-28-23-32(29-19)22(33)21(34-23)20(16-7-6-8-17(15-16)24(25,26)27)31-13-11-30(12-14-31)18-9-4-3-5-10-18/h3-10,15,20,33H,2,11-14H2,1H3/t20-/m1/s1. The largest absolute Gasteiger partial charge is 0.492 e. The zero-order valence-electron chi connectivity index (χ0n) is 18.5. The second-order valence-corrected chi connectivity index (χ2v) is 9.26. The predicted molar refractivity (Wildman–Crippen MR) is 125 cm³/mol. The van der Waals surface area contributed by atoms with Crippen molar-refractivity contribution in [2.75, 3.05) is 31.1 Å². The first kappa shape index (κ1) is 22.7. The molecule has 0 radical (unpaired) electrons. The first-order valence-electron chi connectivity index (χ1n) is 11.1. The second-order valence-electron chi connectivity index (χ2n) is 8.25. The summed E-state index contributed by atoms with van der Waals surface area (Å²) < 4.78 is 41.9. The lowest BCUT2D eigenvalue weighted by atomic mass is 10.00. The van der Waals surface area contributed by atoms with E-state index in [9.17, 15) is 18.3 Å². The Labute approximate surface area is 198 Å². The number of para-hydroxylation sites is 1. The molecule has 34 heavy (non-hydrogen) atoms. The van der Waals surface area contributed by atoms with E-state index in [1.165, 1.54) is 28.0 Å². The molecule has 1 saturated heterocycles. The van der Waals surface area contributed by atoms with Gasteiger partial charge in [0.15, 0.2) is 5.82 Å². The number of fused-ring (bicyclic) bond motifs is 1. The third kappa shape index (κ3) is 4.23. The minimum atomic E-state index is -4.45. The van der Waals surface area contributed by atoms with Crippen LogP contribution in [0.25, 0.3) is 4.96 Å². The van der Waals surface area contributed by atoms with Gasteiger partial charge < -0.3 is 10.0 Å². The Morgan fingerprint density at radius 3 is 2.41 bits per heavy atom. The van der Waals surface area contributed by atoms with E-state index in [1.54, 1.807) is 6.07 Å². The summed E-state index contributed by atoms with van der Waals surface area (Å²) in [6.07, 6.45) is -3.82. The zero-order valence-corrected chi connectivity index (χ0v) is 19.4. The molecule has 0 unspecified atom stereocenters. The number of nitrogens with zero attached hydrogens (tertiary/aromatic N) is 5. The highest BCUT2D eigenvalue weighted by Crippen LogP contribution is 2.42. The number of anilines is 1. The first-order valence-corrected chi connectivity index (χ1v) is 12.0. The minimum absolute atomic E-state index is 0.0694. The summed E-state index contributed by atoms with van der Waals surface area (Å²) in [6, 6.07) is 14.9. The highest BCUT2D eigenvalue weighted by atomic mass is 32.1. The van der Waals surface area contributed by atoms with Gasteiger partial charge in [-0.2, -0.15) is 17.7 Å². The van der Waals surface area contributed by atoms with E-state index in [1.807, 2.05) is 25.1 Å². The van der Waals surface area contributed by atoms with Gasteiger partial charge in [0.25, 0.3) is 0 Å². The van der Waals surface area contributed by atoms with Crippen LogP contribution in [0.2, 0.25) is 0 Å². The van der Waals surface area contributed by atoms with Gasteiger partial charge in [-0.3, -0.25) is 4.90 Å². The fourth-order valence-electron chi connectivity index (χ4n) is 4.41. The lowest BCUT2D eigenvalue weighted by Gasteiger charge is -2.40. The van der Waals surface area contributed by atoms with Gasteiger partial charge in [-0.05, 0) is 29.8 Å². The summed E-state index contributed by atoms with van der Waals surface area (Å²) in [5.41, 5.74) is 0.898. The van der Waals surface area contributed by atoms with E-state index in [-0.39, 0.29) is 5.88 Å². The Hall–Kier alpha value is -3.11. The molecule has 0 bridgehead atoms. The van der Waals surface area contributed by atoms with E-state index in [0.717, 1.165) is 24.8 Å². The molecule has 0 amide bonds. The normalized spacial score (nSPS) is 16.3. The lowest BCUT2D eigenvalue weighted by molar-refractivity contribution is -0.137. The molecule has 2 aromatic heterocycles. The number of aromatic nitrogens is 3. The maximum absolute atomic E-state index is 13.5. The number of halogens is 3. The molecule has 1 atom stereocenters. The van der Waals surface area contributed by atoms with Crippen molar-refractivity contribution in [2.45, 2.75) is 25.6 Å². The van der Waals surface area contributed by atoms with Crippen LogP contribution in [0.3, 0.4) is 0 Å². The van der Waals surface area contributed by atoms with Crippen molar-refractivity contribution in [1.82, 2.24) is 19.5 Å². The quantitative estimate of drug-likeness (QED) is 0.430. The van der Waals surface area contributed by atoms with Gasteiger partial charge >= 0.3 is 6.18 Å². The number of thiazole rings is 1. The third-order valence-corrected chi connectivity index (χ3v) is 7.21. The molecular formula is C24H24F3N5OS. The summed E-state index contributed by atoms with van der Waals surface area (Å²) in [5.74, 6) is 0.542. The van der Waals surface area contributed by atoms with Crippen LogP contribution in [0, 0.1) is 0 Å². The van der Waals surface area contributed by atoms with Gasteiger partial charge in [-0.25, -0.2) is 4.98 Å². The van der Waals surface area contributed by atoms with Crippen LogP contribution in [0.1, 0.15) is 34.8 Å². The first-order chi connectivity index (χ1) is 16.3. The molecule has 178 valence electrons. The van der Waals surface area contributed by atoms with Crippen LogP contribution in [0.5, 0.6) is 5.88 Å². The Bertz CT molecular complexity index is 1280. The predicted octanol–water partition coefficient (Wildman–Crippen LogP) is 4.99. The topological polar surface area (TPSA) is 56.9 Å². The van der Waals surface area contributed by atoms with Gasteiger partial charge in [0.05, 0.1) is 16.5 Å². The molecule has 4 aromatic rings. The van der Waals surface area contributed by atoms with Gasteiger partial charge in [-0.1, -0.05) is 48.6 Å². The van der Waals surface area contributed by atoms with Gasteiger partial charge in [-0.15, -0.1) is 5.10 Å². The average Bonchev–Trinajstić information content (AvgIpc) is 3.39. The lowest BCUT2D eigenvalue weighted by Crippen LogP contribution is -2.47. The molecule has 0 aliphatic carbocycles. The molecule has 1 aliphatic heterocycles. The molecule has 0 saturated carbocycles. The number of aromatic hydroxyl groups is 1. The fraction of sp³-hybridized carbons (Fsp3) is 0.333. The second kappa shape index (κ2) is 8.92. The van der Waals surface area contributed by atoms with Gasteiger partial charge in [0.1, 0.15) is 0 Å². The van der Waals surface area contributed by atoms with Crippen molar-refractivity contribution < 1.29 is 18.3 Å². The average molecular weight is 488 g/mol. The highest BCUT2D eigenvalue weighted by Gasteiger charge is 2.35. The van der Waals surface area contributed by atoms with Crippen molar-refractivity contribution >= 4 is 22.0 Å². The van der Waals surface area contributed by atoms with E-state index in [0.29, 0.717) is 40.7 Å². The van der Waals surface area contributed by atoms with Crippen LogP contribution < -0.4 is 4.90 Å². The summed E-state index contributed by atoms with van der Waals surface area (Å²) in [7, 11) is 0. The number of benzene rings is 2. The van der Waals surface area contributed by atoms with Crippen molar-refractivity contribution in [3.63, 3.8) is 0 Å². The van der Waals surface area contributed by atoms with Gasteiger partial charge in [0.2, 0.25) is 10.8 Å². The number of aryl methyl sites for hydroxylation is 1. The Morgan fingerprint density at radius 2 is 1.76 bits per heavy atom. The summed E-state index contributed by atoms with van der Waals surface area (Å²) in [6.45, 7) is 4.63. The summed E-state index contributed by atoms with van der Waals surface area (Å²) in [5, 5.41) is 15.4. The Morgan fingerprint density at radius 1 is 1.03 bits per heavy atom. The van der Waals surface area contributed by atoms with Crippen molar-refractivity contribution in [1.29, 1.82) is 0 Å². The smallest absolute Gasteiger partial charge is 0.416 e. The van der Waals surface area contributed by atoms with E-state index in [4.69, 9.17) is 0 Å². The monoisotopic (exact) mass is 487 g/mol. The minimum Gasteiger partial charge on any atom is -0.492 e. The number of alkyl halides is 3. The molecule has 1 fully saturated rings. The van der Waals surface area contributed by atoms with E-state index >= 15 is 0 Å². The van der Waals surface area contributed by atoms with Crippen LogP contribution in [-0.4, -0.2) is 50.8 Å². The Kier molecular flexibility index (Phi) is 5.95. The molecule has 5 rings (SSSR count). The van der Waals surface area contributed by atoms with Crippen molar-refractivity contribution in [3.05, 3.63) is 76.4 Å². The summed E-state index contributed by atoms with van der Waals surface area (Å²) in [4.78, 5) is 9.91. The number of piperazine rings is 1. The Balaban J connectivity index is 1.52. The highest BCUT2D eigenvalue weighted by molar-refractivity contribution is 7.17. The molecule has 6 nitrogen and oxygen atoms in total. The van der Waals surface area contributed by atoms with Crippen molar-refractivity contribution in [3.8, 4) is 5.88 Å². The SMILES string of the molecule is CCc1nc2sc([C@@H](c3cccc(C(F)(F)F)c3)N3CCN(c4ccccc4)CC3)c(O)n2n1. The van der Waals surface area contributed by atoms with Gasteiger partial charge in [0, 0.05) is 38.3 Å². The summed E-state index contributed by atoms with van der Waals surface area (Å²) >= 11 is 1.27. The van der Waals surface area contributed by atoms with Crippen LogP contribution in [0.15, 0.2) is 54.6 Å². The fourth-order valence-corrected chi connectivity index (χ4v) is 5.54. The van der Waals surface area contributed by atoms with E-state index < -0.39 is 17.8 Å². The van der Waals surface area contributed by atoms with Crippen LogP contribution in [0.4, 0.5) is 18.9 Å². The van der Waals surface area contributed by atoms with Crippen LogP contribution in [-0.2, 0) is 12.6 Å². The molecular weight excluding hydrogens is 463 g/mol.